The first-order valence-corrected chi connectivity index (χ1v) is 25.1. The molecule has 0 rings (SSSR count). The molecule has 0 heterocycles. The van der Waals surface area contributed by atoms with Gasteiger partial charge in [0.15, 0.2) is 0 Å². The summed E-state index contributed by atoms with van der Waals surface area (Å²) in [6.45, 7) is 58.3. The molecule has 364 valence electrons. The van der Waals surface area contributed by atoms with E-state index in [0.29, 0.717) is 35.5 Å². The smallest absolute Gasteiger partial charge is 0.0651 e. The quantitative estimate of drug-likeness (QED) is 0.0751. The maximum atomic E-state index is 9.69. The zero-order valence-corrected chi connectivity index (χ0v) is 46.3. The topological polar surface area (TPSA) is 60.7 Å². The van der Waals surface area contributed by atoms with Crippen molar-refractivity contribution in [2.24, 2.45) is 82.9 Å². The fourth-order valence-electron chi connectivity index (χ4n) is 4.69. The number of unbranched alkanes of at least 4 members (excludes halogenated alkanes) is 1. The third-order valence-electron chi connectivity index (χ3n) is 13.0. The van der Waals surface area contributed by atoms with Gasteiger partial charge in [-0.3, -0.25) is 0 Å². The first kappa shape index (κ1) is 68.2. The predicted octanol–water partition coefficient (Wildman–Crippen LogP) is 17.7. The second kappa shape index (κ2) is 36.4. The van der Waals surface area contributed by atoms with Crippen LogP contribution < -0.4 is 0 Å². The van der Waals surface area contributed by atoms with Gasteiger partial charge in [-0.25, -0.2) is 0 Å². The Hall–Kier alpha value is -0.900. The van der Waals surface area contributed by atoms with Crippen molar-refractivity contribution >= 4 is 0 Å². The Bertz CT molecular complexity index is 949. The molecule has 0 fully saturated rings. The lowest BCUT2D eigenvalue weighted by molar-refractivity contribution is 0.0434. The van der Waals surface area contributed by atoms with Crippen molar-refractivity contribution in [3.63, 3.8) is 0 Å². The molecule has 0 spiro atoms. The standard InChI is InChI=1S/2C12H24O.C12H24.C11H24.C10H22O/c2*1-9(2)10(3)7-8-11(4)12(5,6)13;1-9(2)11(5)7-8-12(6)10(3)4;1-9(2)7-6-8-11(5)10(3)4;1-9(2)7-5-6-8-10(3,4)11/h2*7-11,13H,1-6H3;7-12H,1-6H3;9-11H,6-8H2,1-5H3;9,11H,5-8H2,1-4H3/b3*8-7+;;/t10-,11+;10-,11-;11-,12+;11-;/m11.1./s1. The molecule has 3 N–H and O–H groups in total. The van der Waals surface area contributed by atoms with Crippen LogP contribution >= 0.6 is 0 Å². The fraction of sp³-hybridized carbons (Fsp3) is 0.895. The summed E-state index contributed by atoms with van der Waals surface area (Å²) in [7, 11) is 0. The van der Waals surface area contributed by atoms with Crippen molar-refractivity contribution in [1.29, 1.82) is 0 Å². The summed E-state index contributed by atoms with van der Waals surface area (Å²) in [6.07, 6.45) is 22.2. The summed E-state index contributed by atoms with van der Waals surface area (Å²) >= 11 is 0. The van der Waals surface area contributed by atoms with E-state index in [1.807, 2.05) is 55.4 Å². The van der Waals surface area contributed by atoms with E-state index in [0.717, 1.165) is 48.3 Å². The van der Waals surface area contributed by atoms with E-state index in [-0.39, 0.29) is 11.8 Å². The average molecular weight is 852 g/mol. The molecule has 0 radical (unpaired) electrons. The Morgan fingerprint density at radius 3 is 0.817 bits per heavy atom. The van der Waals surface area contributed by atoms with E-state index in [2.05, 4.69) is 168 Å². The molecule has 0 aliphatic heterocycles. The maximum absolute atomic E-state index is 9.69. The lowest BCUT2D eigenvalue weighted by Gasteiger charge is -2.23. The summed E-state index contributed by atoms with van der Waals surface area (Å²) < 4.78 is 0. The summed E-state index contributed by atoms with van der Waals surface area (Å²) in [6, 6.07) is 0. The molecule has 0 aromatic carbocycles. The highest BCUT2D eigenvalue weighted by Crippen LogP contribution is 2.22. The van der Waals surface area contributed by atoms with E-state index in [9.17, 15) is 15.3 Å². The second-order valence-corrected chi connectivity index (χ2v) is 23.5. The first-order valence-electron chi connectivity index (χ1n) is 25.1. The molecular formula is C57H118O3. The molecule has 0 amide bonds. The first-order chi connectivity index (χ1) is 26.9. The van der Waals surface area contributed by atoms with Crippen molar-refractivity contribution in [3.05, 3.63) is 36.5 Å². The van der Waals surface area contributed by atoms with E-state index in [1.54, 1.807) is 0 Å². The minimum absolute atomic E-state index is 0.216. The van der Waals surface area contributed by atoms with Crippen LogP contribution in [0, 0.1) is 82.9 Å². The van der Waals surface area contributed by atoms with E-state index in [4.69, 9.17) is 0 Å². The van der Waals surface area contributed by atoms with Gasteiger partial charge in [0.25, 0.3) is 0 Å². The molecule has 3 heteroatoms. The van der Waals surface area contributed by atoms with Gasteiger partial charge in [-0.1, -0.05) is 220 Å². The minimum atomic E-state index is -0.604. The Morgan fingerprint density at radius 1 is 0.333 bits per heavy atom. The normalized spacial score (nSPS) is 16.4. The van der Waals surface area contributed by atoms with Crippen LogP contribution in [0.5, 0.6) is 0 Å². The molecule has 0 saturated heterocycles. The molecule has 60 heavy (non-hydrogen) atoms. The Kier molecular flexibility index (Phi) is 41.4. The van der Waals surface area contributed by atoms with Crippen molar-refractivity contribution in [1.82, 2.24) is 0 Å². The second-order valence-electron chi connectivity index (χ2n) is 23.5. The minimum Gasteiger partial charge on any atom is -0.390 e. The number of aliphatic hydroxyl groups is 3. The van der Waals surface area contributed by atoms with E-state index in [1.165, 1.54) is 32.1 Å². The summed E-state index contributed by atoms with van der Waals surface area (Å²) in [5.41, 5.74) is -1.67. The Balaban J connectivity index is -0.000000210. The van der Waals surface area contributed by atoms with E-state index >= 15 is 0 Å². The zero-order chi connectivity index (χ0) is 48.8. The molecule has 0 aliphatic carbocycles. The van der Waals surface area contributed by atoms with Crippen LogP contribution in [0.3, 0.4) is 0 Å². The van der Waals surface area contributed by atoms with Crippen LogP contribution in [0.25, 0.3) is 0 Å². The number of rotatable bonds is 22. The molecule has 0 aliphatic rings. The highest BCUT2D eigenvalue weighted by atomic mass is 16.3. The van der Waals surface area contributed by atoms with Crippen molar-refractivity contribution in [2.45, 2.75) is 249 Å². The molecule has 0 bridgehead atoms. The van der Waals surface area contributed by atoms with Gasteiger partial charge in [-0.15, -0.1) is 0 Å². The molecule has 0 aromatic heterocycles. The summed E-state index contributed by atoms with van der Waals surface area (Å²) in [4.78, 5) is 0. The van der Waals surface area contributed by atoms with Gasteiger partial charge in [0.05, 0.1) is 16.8 Å². The van der Waals surface area contributed by atoms with Crippen molar-refractivity contribution < 1.29 is 15.3 Å². The monoisotopic (exact) mass is 851 g/mol. The van der Waals surface area contributed by atoms with Crippen LogP contribution in [-0.2, 0) is 0 Å². The molecule has 0 saturated carbocycles. The Labute approximate surface area is 382 Å². The highest BCUT2D eigenvalue weighted by Gasteiger charge is 2.20. The molecule has 3 nitrogen and oxygen atoms in total. The van der Waals surface area contributed by atoms with Gasteiger partial charge in [0.1, 0.15) is 0 Å². The third kappa shape index (κ3) is 49.8. The van der Waals surface area contributed by atoms with Crippen LogP contribution in [-0.4, -0.2) is 32.1 Å². The van der Waals surface area contributed by atoms with Crippen molar-refractivity contribution in [2.75, 3.05) is 0 Å². The number of hydrogen-bond acceptors (Lipinski definition) is 3. The van der Waals surface area contributed by atoms with E-state index < -0.39 is 16.8 Å². The van der Waals surface area contributed by atoms with Gasteiger partial charge in [-0.2, -0.15) is 0 Å². The zero-order valence-electron chi connectivity index (χ0n) is 46.3. The average Bonchev–Trinajstić information content (AvgIpc) is 3.09. The molecule has 7 atom stereocenters. The van der Waals surface area contributed by atoms with Crippen LogP contribution in [0.15, 0.2) is 36.5 Å². The molecular weight excluding hydrogens is 733 g/mol. The number of hydrogen-bond donors (Lipinski definition) is 3. The third-order valence-corrected chi connectivity index (χ3v) is 13.0. The van der Waals surface area contributed by atoms with Gasteiger partial charge in [0.2, 0.25) is 0 Å². The van der Waals surface area contributed by atoms with Gasteiger partial charge in [-0.05, 0) is 119 Å². The lowest BCUT2D eigenvalue weighted by Crippen LogP contribution is -2.27. The van der Waals surface area contributed by atoms with Gasteiger partial charge >= 0.3 is 0 Å². The molecule has 0 aromatic rings. The SMILES string of the molecule is CC(C)CCCCC(C)(C)O.CC(C)CCC[C@@H](C)C(C)C.CC(C)[C@H](C)/C=C/[C@@H](C)C(C)(C)O.CC(C)[C@H](C)/C=C/[C@H](C)C(C)(C)O.CC(C)[C@H](C)/C=C/[C@H](C)C(C)C. The highest BCUT2D eigenvalue weighted by molar-refractivity contribution is 4.97. The fourth-order valence-corrected chi connectivity index (χ4v) is 4.69. The van der Waals surface area contributed by atoms with Crippen molar-refractivity contribution in [3.8, 4) is 0 Å². The predicted molar refractivity (Wildman–Crippen MR) is 277 cm³/mol. The lowest BCUT2D eigenvalue weighted by atomic mass is 9.90. The summed E-state index contributed by atoms with van der Waals surface area (Å²) in [5.74, 6) is 9.37. The van der Waals surface area contributed by atoms with Crippen LogP contribution in [0.1, 0.15) is 232 Å². The van der Waals surface area contributed by atoms with Gasteiger partial charge < -0.3 is 15.3 Å². The van der Waals surface area contributed by atoms with Crippen LogP contribution in [0.2, 0.25) is 0 Å². The number of allylic oxidation sites excluding steroid dienone is 4. The van der Waals surface area contributed by atoms with Gasteiger partial charge in [0, 0.05) is 11.8 Å². The summed E-state index contributed by atoms with van der Waals surface area (Å²) in [5, 5.41) is 28.8. The Morgan fingerprint density at radius 2 is 0.600 bits per heavy atom. The largest absolute Gasteiger partial charge is 0.390 e. The molecule has 0 unspecified atom stereocenters. The maximum Gasteiger partial charge on any atom is 0.0651 e. The van der Waals surface area contributed by atoms with Crippen LogP contribution in [0.4, 0.5) is 0 Å².